The van der Waals surface area contributed by atoms with Gasteiger partial charge in [-0.25, -0.2) is 0 Å². The van der Waals surface area contributed by atoms with Gasteiger partial charge in [0, 0.05) is 11.1 Å². The van der Waals surface area contributed by atoms with Crippen LogP contribution in [0.3, 0.4) is 0 Å². The van der Waals surface area contributed by atoms with Crippen molar-refractivity contribution in [2.45, 2.75) is 82.7 Å². The second-order valence-corrected chi connectivity index (χ2v) is 8.18. The van der Waals surface area contributed by atoms with Crippen LogP contribution >= 0.6 is 0 Å². The molecule has 7 heteroatoms. The molecule has 0 saturated carbocycles. The predicted octanol–water partition coefficient (Wildman–Crippen LogP) is 6.29. The number of alkyl halides is 5. The van der Waals surface area contributed by atoms with Crippen molar-refractivity contribution in [3.8, 4) is 0 Å². The smallest absolute Gasteiger partial charge is 0.290 e. The van der Waals surface area contributed by atoms with E-state index < -0.39 is 35.7 Å². The van der Waals surface area contributed by atoms with Gasteiger partial charge in [-0.05, 0) is 52.5 Å². The van der Waals surface area contributed by atoms with Crippen LogP contribution < -0.4 is 0 Å². The largest absolute Gasteiger partial charge is 0.453 e. The maximum Gasteiger partial charge on any atom is 0.453 e. The Kier molecular flexibility index (Phi) is 5.74. The van der Waals surface area contributed by atoms with Gasteiger partial charge in [0.05, 0.1) is 6.42 Å². The summed E-state index contributed by atoms with van der Waals surface area (Å²) in [4.78, 5) is 5.89. The van der Waals surface area contributed by atoms with Gasteiger partial charge in [0.15, 0.2) is 0 Å². The molecule has 26 heavy (non-hydrogen) atoms. The standard InChI is InChI=1S/C19H26F5NO/c1-16(2)11-8-12-17(3,4)25(16)26-15(14-9-6-5-7-10-14)13-18(20,21)19(22,23)24/h5-7,9-10,15H,8,11-13H2,1-4H3. The molecule has 0 N–H and O–H groups in total. The lowest BCUT2D eigenvalue weighted by Crippen LogP contribution is -2.58. The highest BCUT2D eigenvalue weighted by molar-refractivity contribution is 5.18. The average molecular weight is 379 g/mol. The highest BCUT2D eigenvalue weighted by atomic mass is 19.4. The molecule has 1 aromatic rings. The van der Waals surface area contributed by atoms with Crippen molar-refractivity contribution in [3.05, 3.63) is 35.9 Å². The lowest BCUT2D eigenvalue weighted by Gasteiger charge is -2.52. The molecular weight excluding hydrogens is 353 g/mol. The Balaban J connectivity index is 2.36. The van der Waals surface area contributed by atoms with E-state index in [0.717, 1.165) is 19.3 Å². The van der Waals surface area contributed by atoms with Crippen LogP contribution in [0, 0.1) is 0 Å². The van der Waals surface area contributed by atoms with Crippen LogP contribution in [0.25, 0.3) is 0 Å². The first-order valence-electron chi connectivity index (χ1n) is 8.73. The molecule has 1 aliphatic rings. The Morgan fingerprint density at radius 2 is 1.46 bits per heavy atom. The number of hydroxylamine groups is 2. The molecule has 1 fully saturated rings. The fourth-order valence-electron chi connectivity index (χ4n) is 3.62. The van der Waals surface area contributed by atoms with E-state index in [-0.39, 0.29) is 0 Å². The van der Waals surface area contributed by atoms with E-state index in [2.05, 4.69) is 0 Å². The molecule has 0 aliphatic carbocycles. The SMILES string of the molecule is CC1(C)CCCC(C)(C)N1OC(CC(F)(F)C(F)(F)F)c1ccccc1. The number of nitrogens with zero attached hydrogens (tertiary/aromatic N) is 1. The minimum Gasteiger partial charge on any atom is -0.290 e. The highest BCUT2D eigenvalue weighted by Gasteiger charge is 2.59. The van der Waals surface area contributed by atoms with Gasteiger partial charge in [-0.15, -0.1) is 0 Å². The van der Waals surface area contributed by atoms with E-state index >= 15 is 0 Å². The first kappa shape index (κ1) is 21.1. The fraction of sp³-hybridized carbons (Fsp3) is 0.684. The normalized spacial score (nSPS) is 22.2. The number of rotatable bonds is 5. The summed E-state index contributed by atoms with van der Waals surface area (Å²) in [5.41, 5.74) is -0.640. The molecule has 1 unspecified atom stereocenters. The van der Waals surface area contributed by atoms with E-state index in [4.69, 9.17) is 4.84 Å². The molecule has 1 aromatic carbocycles. The summed E-state index contributed by atoms with van der Waals surface area (Å²) in [7, 11) is 0. The van der Waals surface area contributed by atoms with Gasteiger partial charge >= 0.3 is 12.1 Å². The van der Waals surface area contributed by atoms with Crippen molar-refractivity contribution < 1.29 is 26.8 Å². The first-order chi connectivity index (χ1) is 11.8. The third-order valence-corrected chi connectivity index (χ3v) is 4.94. The van der Waals surface area contributed by atoms with E-state index in [1.807, 2.05) is 27.7 Å². The van der Waals surface area contributed by atoms with E-state index in [0.29, 0.717) is 5.56 Å². The molecule has 0 amide bonds. The fourth-order valence-corrected chi connectivity index (χ4v) is 3.62. The minimum atomic E-state index is -5.61. The first-order valence-corrected chi connectivity index (χ1v) is 8.73. The zero-order chi connectivity index (χ0) is 19.8. The third-order valence-electron chi connectivity index (χ3n) is 4.94. The molecule has 0 spiro atoms. The van der Waals surface area contributed by atoms with Crippen LogP contribution in [0.5, 0.6) is 0 Å². The summed E-state index contributed by atoms with van der Waals surface area (Å²) in [5, 5.41) is 1.62. The summed E-state index contributed by atoms with van der Waals surface area (Å²) in [6.07, 6.45) is -5.99. The summed E-state index contributed by atoms with van der Waals surface area (Å²) in [6, 6.07) is 7.91. The summed E-state index contributed by atoms with van der Waals surface area (Å²) < 4.78 is 65.9. The van der Waals surface area contributed by atoms with Crippen molar-refractivity contribution in [3.63, 3.8) is 0 Å². The Labute approximate surface area is 151 Å². The van der Waals surface area contributed by atoms with Crippen molar-refractivity contribution in [2.75, 3.05) is 0 Å². The Morgan fingerprint density at radius 1 is 0.962 bits per heavy atom. The molecule has 148 valence electrons. The molecule has 2 nitrogen and oxygen atoms in total. The highest BCUT2D eigenvalue weighted by Crippen LogP contribution is 2.46. The molecule has 2 rings (SSSR count). The van der Waals surface area contributed by atoms with E-state index in [1.54, 1.807) is 23.3 Å². The molecule has 1 atom stereocenters. The molecule has 1 heterocycles. The van der Waals surface area contributed by atoms with Crippen LogP contribution in [-0.2, 0) is 4.84 Å². The minimum absolute atomic E-state index is 0.300. The van der Waals surface area contributed by atoms with Gasteiger partial charge < -0.3 is 0 Å². The van der Waals surface area contributed by atoms with E-state index in [9.17, 15) is 22.0 Å². The number of benzene rings is 1. The van der Waals surface area contributed by atoms with Gasteiger partial charge in [0.25, 0.3) is 0 Å². The number of hydrogen-bond acceptors (Lipinski definition) is 2. The van der Waals surface area contributed by atoms with Crippen LogP contribution in [0.15, 0.2) is 30.3 Å². The van der Waals surface area contributed by atoms with Gasteiger partial charge in [-0.1, -0.05) is 30.3 Å². The number of piperidine rings is 1. The van der Waals surface area contributed by atoms with Crippen LogP contribution in [0.2, 0.25) is 0 Å². The average Bonchev–Trinajstić information content (AvgIpc) is 2.49. The number of halogens is 5. The lowest BCUT2D eigenvalue weighted by molar-refractivity contribution is -0.335. The monoisotopic (exact) mass is 379 g/mol. The van der Waals surface area contributed by atoms with Crippen molar-refractivity contribution in [2.24, 2.45) is 0 Å². The molecule has 0 bridgehead atoms. The topological polar surface area (TPSA) is 12.5 Å². The molecule has 1 saturated heterocycles. The second-order valence-electron chi connectivity index (χ2n) is 8.18. The van der Waals surface area contributed by atoms with Crippen molar-refractivity contribution in [1.82, 2.24) is 5.06 Å². The van der Waals surface area contributed by atoms with Crippen molar-refractivity contribution >= 4 is 0 Å². The zero-order valence-electron chi connectivity index (χ0n) is 15.5. The molecule has 1 aliphatic heterocycles. The molecule has 0 aromatic heterocycles. The van der Waals surface area contributed by atoms with Gasteiger partial charge in [-0.2, -0.15) is 27.0 Å². The second kappa shape index (κ2) is 7.08. The third kappa shape index (κ3) is 4.55. The van der Waals surface area contributed by atoms with Crippen molar-refractivity contribution in [1.29, 1.82) is 0 Å². The van der Waals surface area contributed by atoms with Gasteiger partial charge in [-0.3, -0.25) is 4.84 Å². The Bertz CT molecular complexity index is 582. The Morgan fingerprint density at radius 3 is 1.92 bits per heavy atom. The van der Waals surface area contributed by atoms with Crippen LogP contribution in [0.1, 0.15) is 65.0 Å². The summed E-state index contributed by atoms with van der Waals surface area (Å²) in [5.74, 6) is -4.84. The molecule has 0 radical (unpaired) electrons. The summed E-state index contributed by atoms with van der Waals surface area (Å²) >= 11 is 0. The quantitative estimate of drug-likeness (QED) is 0.558. The molecular formula is C19H26F5NO. The summed E-state index contributed by atoms with van der Waals surface area (Å²) in [6.45, 7) is 7.66. The van der Waals surface area contributed by atoms with Gasteiger partial charge in [0.2, 0.25) is 0 Å². The zero-order valence-corrected chi connectivity index (χ0v) is 15.5. The van der Waals surface area contributed by atoms with Gasteiger partial charge in [0.1, 0.15) is 6.10 Å². The van der Waals surface area contributed by atoms with Crippen LogP contribution in [0.4, 0.5) is 22.0 Å². The van der Waals surface area contributed by atoms with E-state index in [1.165, 1.54) is 12.1 Å². The maximum atomic E-state index is 13.8. The Hall–Kier alpha value is -1.21. The predicted molar refractivity (Wildman–Crippen MR) is 89.7 cm³/mol. The van der Waals surface area contributed by atoms with Crippen LogP contribution in [-0.4, -0.2) is 28.2 Å². The maximum absolute atomic E-state index is 13.8. The lowest BCUT2D eigenvalue weighted by atomic mass is 9.82. The number of hydrogen-bond donors (Lipinski definition) is 0.